The number of aryl methyl sites for hydroxylation is 1. The number of nitrogens with one attached hydrogen (secondary N) is 1. The zero-order valence-electron chi connectivity index (χ0n) is 28.3. The number of hydrogen-bond donors (Lipinski definition) is 2. The molecule has 1 heterocycles. The monoisotopic (exact) mass is 673 g/mol. The molecule has 1 saturated carbocycles. The number of carbonyl (C=O) groups is 2. The molecule has 1 spiro atoms. The van der Waals surface area contributed by atoms with Gasteiger partial charge in [0.25, 0.3) is 5.91 Å². The van der Waals surface area contributed by atoms with Crippen molar-refractivity contribution in [1.82, 2.24) is 9.62 Å². The summed E-state index contributed by atoms with van der Waals surface area (Å²) in [7, 11) is 2.00. The number of anilines is 1. The van der Waals surface area contributed by atoms with E-state index >= 15 is 0 Å². The number of carbonyl (C=O) groups excluding carboxylic acids is 2. The van der Waals surface area contributed by atoms with E-state index in [1.54, 1.807) is 20.2 Å². The molecule has 2 aliphatic carbocycles. The Kier molecular flexibility index (Phi) is 12.6. The van der Waals surface area contributed by atoms with E-state index in [0.717, 1.165) is 80.9 Å². The van der Waals surface area contributed by atoms with E-state index in [9.17, 15) is 18.9 Å². The number of aliphatic hydroxyl groups is 1. The number of rotatable bonds is 9. The molecule has 2 aromatic carbocycles. The fourth-order valence-electron chi connectivity index (χ4n) is 6.76. The van der Waals surface area contributed by atoms with Gasteiger partial charge in [-0.1, -0.05) is 37.4 Å². The van der Waals surface area contributed by atoms with Crippen LogP contribution in [0.3, 0.4) is 0 Å². The first-order valence-electron chi connectivity index (χ1n) is 16.7. The van der Waals surface area contributed by atoms with E-state index < -0.39 is 11.0 Å². The van der Waals surface area contributed by atoms with Gasteiger partial charge < -0.3 is 19.6 Å². The predicted octanol–water partition coefficient (Wildman–Crippen LogP) is 6.29. The van der Waals surface area contributed by atoms with Crippen LogP contribution in [0.1, 0.15) is 94.1 Å². The topological polar surface area (TPSA) is 99.2 Å². The van der Waals surface area contributed by atoms with Crippen molar-refractivity contribution in [2.45, 2.75) is 95.8 Å². The summed E-state index contributed by atoms with van der Waals surface area (Å²) in [6.07, 6.45) is 7.96. The Balaban J connectivity index is 0.000000731. The summed E-state index contributed by atoms with van der Waals surface area (Å²) >= 11 is 6.39. The largest absolute Gasteiger partial charge is 0.490 e. The van der Waals surface area contributed by atoms with E-state index in [1.165, 1.54) is 23.0 Å². The van der Waals surface area contributed by atoms with E-state index in [4.69, 9.17) is 16.3 Å². The van der Waals surface area contributed by atoms with Crippen LogP contribution in [0.25, 0.3) is 0 Å². The second-order valence-electron chi connectivity index (χ2n) is 13.7. The van der Waals surface area contributed by atoms with Crippen molar-refractivity contribution < 1.29 is 23.6 Å². The Morgan fingerprint density at radius 2 is 1.93 bits per heavy atom. The first-order chi connectivity index (χ1) is 21.8. The quantitative estimate of drug-likeness (QED) is 0.325. The van der Waals surface area contributed by atoms with E-state index in [2.05, 4.69) is 28.7 Å². The summed E-state index contributed by atoms with van der Waals surface area (Å²) in [5, 5.41) is 11.6. The van der Waals surface area contributed by atoms with Crippen molar-refractivity contribution in [2.75, 3.05) is 38.7 Å². The number of nitrogens with zero attached hydrogens (tertiary/aromatic N) is 2. The van der Waals surface area contributed by atoms with Gasteiger partial charge in [-0.15, -0.1) is 0 Å². The van der Waals surface area contributed by atoms with Gasteiger partial charge in [0.1, 0.15) is 16.7 Å². The first-order valence-corrected chi connectivity index (χ1v) is 18.3. The van der Waals surface area contributed by atoms with Gasteiger partial charge in [-0.05, 0) is 106 Å². The minimum absolute atomic E-state index is 0.0926. The average molecular weight is 674 g/mol. The minimum Gasteiger partial charge on any atom is -0.490 e. The minimum atomic E-state index is -1.45. The molecule has 46 heavy (non-hydrogen) atoms. The molecule has 5 rings (SSSR count). The SMILES string of the molecule is CC(=O)N(C)C.CCCCC(O)C1CCC1CN1C[C@@]2(CCCc3cc(Cl)ccc32)COc2ccc(C(=O)NS(=O)C(C)C)cc21. The van der Waals surface area contributed by atoms with Gasteiger partial charge in [-0.2, -0.15) is 0 Å². The number of unbranched alkanes of at least 4 members (excludes halogenated alkanes) is 1. The molecule has 3 aliphatic rings. The van der Waals surface area contributed by atoms with Crippen molar-refractivity contribution in [2.24, 2.45) is 11.8 Å². The molecule has 2 amide bonds. The molecular formula is C36H52ClN3O5S. The lowest BCUT2D eigenvalue weighted by Crippen LogP contribution is -2.49. The normalized spacial score (nSPS) is 23.0. The maximum atomic E-state index is 13.1. The van der Waals surface area contributed by atoms with Gasteiger partial charge in [0.2, 0.25) is 5.91 Å². The number of aliphatic hydroxyl groups excluding tert-OH is 1. The second kappa shape index (κ2) is 16.0. The highest BCUT2D eigenvalue weighted by atomic mass is 35.5. The Hall–Kier alpha value is -2.62. The van der Waals surface area contributed by atoms with Crippen LogP contribution in [0.5, 0.6) is 5.75 Å². The molecule has 10 heteroatoms. The molecule has 2 N–H and O–H groups in total. The molecular weight excluding hydrogens is 622 g/mol. The standard InChI is InChI=1S/C32H43ClN2O4S.C4H9NO/c1-4-5-8-29(36)26-12-9-24(26)18-35-19-32(15-6-7-22-16-25(33)11-13-27(22)32)20-39-30-14-10-23(17-28(30)35)31(37)34-40(38)21(2)3;1-4(6)5(2)3/h10-11,13-14,16-17,21,24,26,29,36H,4-9,12,15,18-20H2,1-3H3,(H,34,37);1-3H3/t24?,26?,29?,32-,40?;/m0./s1. The van der Waals surface area contributed by atoms with E-state index in [1.807, 2.05) is 32.0 Å². The first kappa shape index (κ1) is 36.2. The Morgan fingerprint density at radius 1 is 1.20 bits per heavy atom. The molecule has 8 nitrogen and oxygen atoms in total. The molecule has 5 atom stereocenters. The molecule has 1 fully saturated rings. The molecule has 1 aliphatic heterocycles. The van der Waals surface area contributed by atoms with Gasteiger partial charge in [-0.3, -0.25) is 14.3 Å². The highest BCUT2D eigenvalue weighted by molar-refractivity contribution is 7.84. The number of amides is 2. The van der Waals surface area contributed by atoms with Gasteiger partial charge in [-0.25, -0.2) is 4.21 Å². The molecule has 4 unspecified atom stereocenters. The highest BCUT2D eigenvalue weighted by Crippen LogP contribution is 2.46. The molecule has 0 saturated heterocycles. The summed E-state index contributed by atoms with van der Waals surface area (Å²) < 4.78 is 21.6. The van der Waals surface area contributed by atoms with Crippen molar-refractivity contribution in [1.29, 1.82) is 0 Å². The lowest BCUT2D eigenvalue weighted by Gasteiger charge is -2.45. The average Bonchev–Trinajstić information content (AvgIpc) is 3.15. The van der Waals surface area contributed by atoms with Crippen LogP contribution in [-0.2, 0) is 27.6 Å². The Labute approximate surface area is 282 Å². The van der Waals surface area contributed by atoms with Crippen LogP contribution < -0.4 is 14.4 Å². The van der Waals surface area contributed by atoms with Crippen LogP contribution in [0.4, 0.5) is 5.69 Å². The van der Waals surface area contributed by atoms with Crippen LogP contribution in [0.15, 0.2) is 36.4 Å². The molecule has 0 aromatic heterocycles. The fraction of sp³-hybridized carbons (Fsp3) is 0.611. The predicted molar refractivity (Wildman–Crippen MR) is 187 cm³/mol. The van der Waals surface area contributed by atoms with E-state index in [-0.39, 0.29) is 28.6 Å². The number of benzene rings is 2. The fourth-order valence-corrected chi connectivity index (χ4v) is 7.49. The summed E-state index contributed by atoms with van der Waals surface area (Å²) in [6.45, 7) is 9.46. The zero-order valence-corrected chi connectivity index (χ0v) is 29.9. The van der Waals surface area contributed by atoms with Crippen molar-refractivity contribution in [3.05, 3.63) is 58.1 Å². The third kappa shape index (κ3) is 8.64. The number of hydrogen-bond acceptors (Lipinski definition) is 6. The molecule has 0 radical (unpaired) electrons. The summed E-state index contributed by atoms with van der Waals surface area (Å²) in [6, 6.07) is 11.8. The zero-order chi connectivity index (χ0) is 33.6. The van der Waals surface area contributed by atoms with Gasteiger partial charge >= 0.3 is 0 Å². The third-order valence-corrected chi connectivity index (χ3v) is 11.3. The second-order valence-corrected chi connectivity index (χ2v) is 15.9. The van der Waals surface area contributed by atoms with Gasteiger partial charge in [0.05, 0.1) is 18.4 Å². The van der Waals surface area contributed by atoms with Crippen LogP contribution >= 0.6 is 11.6 Å². The third-order valence-electron chi connectivity index (χ3n) is 9.83. The van der Waals surface area contributed by atoms with Crippen molar-refractivity contribution in [3.63, 3.8) is 0 Å². The molecule has 254 valence electrons. The van der Waals surface area contributed by atoms with Gasteiger partial charge in [0.15, 0.2) is 0 Å². The van der Waals surface area contributed by atoms with Crippen molar-refractivity contribution in [3.8, 4) is 5.75 Å². The van der Waals surface area contributed by atoms with Crippen LogP contribution in [0.2, 0.25) is 5.02 Å². The Morgan fingerprint density at radius 3 is 2.57 bits per heavy atom. The number of ether oxygens (including phenoxy) is 1. The van der Waals surface area contributed by atoms with Gasteiger partial charge in [0, 0.05) is 55.4 Å². The maximum absolute atomic E-state index is 13.1. The lowest BCUT2D eigenvalue weighted by atomic mass is 9.68. The van der Waals surface area contributed by atoms with Crippen LogP contribution in [0, 0.1) is 11.8 Å². The van der Waals surface area contributed by atoms with E-state index in [0.29, 0.717) is 24.0 Å². The molecule has 0 bridgehead atoms. The lowest BCUT2D eigenvalue weighted by molar-refractivity contribution is -0.126. The summed E-state index contributed by atoms with van der Waals surface area (Å²) in [5.74, 6) is 1.20. The highest BCUT2D eigenvalue weighted by Gasteiger charge is 2.44. The maximum Gasteiger partial charge on any atom is 0.263 e. The molecule has 2 aromatic rings. The number of halogens is 1. The summed E-state index contributed by atoms with van der Waals surface area (Å²) in [4.78, 5) is 27.1. The smallest absolute Gasteiger partial charge is 0.263 e. The van der Waals surface area contributed by atoms with Crippen LogP contribution in [-0.4, -0.2) is 71.2 Å². The summed E-state index contributed by atoms with van der Waals surface area (Å²) in [5.41, 5.74) is 3.77. The Bertz CT molecular complexity index is 1400. The number of fused-ring (bicyclic) bond motifs is 3. The van der Waals surface area contributed by atoms with Crippen molar-refractivity contribution >= 4 is 40.1 Å².